The number of esters is 1. The van der Waals surface area contributed by atoms with Gasteiger partial charge in [0.2, 0.25) is 5.78 Å². The van der Waals surface area contributed by atoms with E-state index in [-0.39, 0.29) is 11.5 Å². The number of para-hydroxylation sites is 1. The lowest BCUT2D eigenvalue weighted by Crippen LogP contribution is -2.09. The largest absolute Gasteiger partial charge is 0.452 e. The molecule has 1 aliphatic heterocycles. The average Bonchev–Trinajstić information content (AvgIpc) is 3.34. The molecular weight excluding hydrogens is 404 g/mol. The molecule has 0 N–H and O–H groups in total. The van der Waals surface area contributed by atoms with Crippen LogP contribution in [-0.2, 0) is 6.54 Å². The molecular formula is C26H20N2O4. The maximum absolute atomic E-state index is 13.0. The lowest BCUT2D eigenvalue weighted by atomic mass is 10.1. The Morgan fingerprint density at radius 1 is 1.16 bits per heavy atom. The second-order valence-corrected chi connectivity index (χ2v) is 7.52. The van der Waals surface area contributed by atoms with Crippen molar-refractivity contribution in [3.05, 3.63) is 95.1 Å². The normalized spacial score (nSPS) is 13.9. The standard InChI is InChI=1S/C26H20N2O4/c1-3-28-15-18(19-8-4-5-9-21(19)28)13-23-24(29)20-10-11-22(16(2)25(20)31-23)32-26(30)17-7-6-12-27-14-17/h4-15H,3H2,1-2H3/b23-13-. The fourth-order valence-corrected chi connectivity index (χ4v) is 3.91. The molecule has 158 valence electrons. The van der Waals surface area contributed by atoms with E-state index < -0.39 is 5.97 Å². The zero-order chi connectivity index (χ0) is 22.2. The minimum atomic E-state index is -0.520. The fraction of sp³-hybridized carbons (Fsp3) is 0.115. The summed E-state index contributed by atoms with van der Waals surface area (Å²) in [6.45, 7) is 4.67. The van der Waals surface area contributed by atoms with Crippen molar-refractivity contribution in [1.29, 1.82) is 0 Å². The summed E-state index contributed by atoms with van der Waals surface area (Å²) in [6, 6.07) is 14.6. The number of aromatic nitrogens is 2. The van der Waals surface area contributed by atoms with Crippen molar-refractivity contribution in [2.45, 2.75) is 20.4 Å². The summed E-state index contributed by atoms with van der Waals surface area (Å²) in [5, 5.41) is 1.05. The molecule has 0 bridgehead atoms. The third-order valence-corrected chi connectivity index (χ3v) is 5.58. The molecule has 0 unspecified atom stereocenters. The van der Waals surface area contributed by atoms with Crippen molar-refractivity contribution in [2.75, 3.05) is 0 Å². The van der Waals surface area contributed by atoms with Gasteiger partial charge in [0.1, 0.15) is 11.5 Å². The van der Waals surface area contributed by atoms with Crippen LogP contribution >= 0.6 is 0 Å². The van der Waals surface area contributed by atoms with Crippen LogP contribution in [0.4, 0.5) is 0 Å². The topological polar surface area (TPSA) is 70.4 Å². The molecule has 3 heterocycles. The molecule has 0 aliphatic carbocycles. The molecule has 0 saturated carbocycles. The van der Waals surface area contributed by atoms with E-state index in [1.807, 2.05) is 24.4 Å². The van der Waals surface area contributed by atoms with Gasteiger partial charge in [-0.1, -0.05) is 18.2 Å². The van der Waals surface area contributed by atoms with E-state index in [1.54, 1.807) is 43.5 Å². The fourth-order valence-electron chi connectivity index (χ4n) is 3.91. The number of Topliss-reactive ketones (excluding diaryl/α,β-unsaturated/α-hetero) is 1. The molecule has 2 aromatic carbocycles. The summed E-state index contributed by atoms with van der Waals surface area (Å²) in [6.07, 6.45) is 6.82. The Morgan fingerprint density at radius 3 is 2.78 bits per heavy atom. The summed E-state index contributed by atoms with van der Waals surface area (Å²) in [4.78, 5) is 29.3. The van der Waals surface area contributed by atoms with Crippen LogP contribution in [0.2, 0.25) is 0 Å². The van der Waals surface area contributed by atoms with Crippen molar-refractivity contribution in [3.63, 3.8) is 0 Å². The highest BCUT2D eigenvalue weighted by atomic mass is 16.5. The highest BCUT2D eigenvalue weighted by Gasteiger charge is 2.31. The molecule has 0 saturated heterocycles. The van der Waals surface area contributed by atoms with Gasteiger partial charge < -0.3 is 14.0 Å². The van der Waals surface area contributed by atoms with Crippen molar-refractivity contribution in [1.82, 2.24) is 9.55 Å². The number of ketones is 1. The van der Waals surface area contributed by atoms with Crippen LogP contribution in [0.1, 0.15) is 38.8 Å². The van der Waals surface area contributed by atoms with Gasteiger partial charge in [-0.15, -0.1) is 0 Å². The molecule has 4 aromatic rings. The van der Waals surface area contributed by atoms with Gasteiger partial charge in [0, 0.05) is 47.2 Å². The van der Waals surface area contributed by atoms with Gasteiger partial charge in [-0.2, -0.15) is 0 Å². The zero-order valence-corrected chi connectivity index (χ0v) is 17.7. The first-order valence-electron chi connectivity index (χ1n) is 10.3. The average molecular weight is 424 g/mol. The number of aryl methyl sites for hydroxylation is 1. The van der Waals surface area contributed by atoms with Crippen molar-refractivity contribution in [3.8, 4) is 11.5 Å². The van der Waals surface area contributed by atoms with E-state index in [1.165, 1.54) is 6.20 Å². The molecule has 0 fully saturated rings. The van der Waals surface area contributed by atoms with Crippen molar-refractivity contribution >= 4 is 28.7 Å². The molecule has 0 spiro atoms. The van der Waals surface area contributed by atoms with E-state index in [4.69, 9.17) is 9.47 Å². The number of hydrogen-bond acceptors (Lipinski definition) is 5. The Labute approximate surface area is 184 Å². The number of carbonyl (C=O) groups excluding carboxylic acids is 2. The summed E-state index contributed by atoms with van der Waals surface area (Å²) in [7, 11) is 0. The summed E-state index contributed by atoms with van der Waals surface area (Å²) in [5.74, 6) is 0.291. The van der Waals surface area contributed by atoms with Gasteiger partial charge in [0.15, 0.2) is 5.76 Å². The minimum absolute atomic E-state index is 0.193. The number of benzene rings is 2. The van der Waals surface area contributed by atoms with E-state index >= 15 is 0 Å². The van der Waals surface area contributed by atoms with Crippen LogP contribution in [0.5, 0.6) is 11.5 Å². The first-order valence-corrected chi connectivity index (χ1v) is 10.3. The SMILES string of the molecule is CCn1cc(/C=C2\Oc3c(ccc(OC(=O)c4cccnc4)c3C)C2=O)c2ccccc21. The number of rotatable bonds is 4. The highest BCUT2D eigenvalue weighted by Crippen LogP contribution is 2.40. The third kappa shape index (κ3) is 3.26. The van der Waals surface area contributed by atoms with Crippen molar-refractivity contribution in [2.24, 2.45) is 0 Å². The van der Waals surface area contributed by atoms with Crippen LogP contribution in [0.15, 0.2) is 72.9 Å². The summed E-state index contributed by atoms with van der Waals surface area (Å²) in [5.41, 5.74) is 3.41. The van der Waals surface area contributed by atoms with Gasteiger partial charge in [0.25, 0.3) is 0 Å². The highest BCUT2D eigenvalue weighted by molar-refractivity contribution is 6.15. The van der Waals surface area contributed by atoms with Crippen LogP contribution in [0.25, 0.3) is 17.0 Å². The molecule has 0 atom stereocenters. The molecule has 6 heteroatoms. The first-order chi connectivity index (χ1) is 15.6. The van der Waals surface area contributed by atoms with E-state index in [0.717, 1.165) is 23.0 Å². The Kier molecular flexibility index (Phi) is 4.82. The summed E-state index contributed by atoms with van der Waals surface area (Å²) >= 11 is 0. The number of nitrogens with zero attached hydrogens (tertiary/aromatic N) is 2. The van der Waals surface area contributed by atoms with Crippen molar-refractivity contribution < 1.29 is 19.1 Å². The van der Waals surface area contributed by atoms with Crippen LogP contribution < -0.4 is 9.47 Å². The van der Waals surface area contributed by atoms with Crippen LogP contribution in [0.3, 0.4) is 0 Å². The summed E-state index contributed by atoms with van der Waals surface area (Å²) < 4.78 is 13.6. The Morgan fingerprint density at radius 2 is 2.00 bits per heavy atom. The molecule has 0 radical (unpaired) electrons. The van der Waals surface area contributed by atoms with E-state index in [2.05, 4.69) is 22.5 Å². The maximum atomic E-state index is 13.0. The quantitative estimate of drug-likeness (QED) is 0.256. The number of pyridine rings is 1. The van der Waals surface area contributed by atoms with Gasteiger partial charge >= 0.3 is 5.97 Å². The lowest BCUT2D eigenvalue weighted by Gasteiger charge is -2.09. The Hall–Kier alpha value is -4.19. The molecule has 6 nitrogen and oxygen atoms in total. The minimum Gasteiger partial charge on any atom is -0.452 e. The third-order valence-electron chi connectivity index (χ3n) is 5.58. The number of hydrogen-bond donors (Lipinski definition) is 0. The van der Waals surface area contributed by atoms with Crippen LogP contribution in [0, 0.1) is 6.92 Å². The maximum Gasteiger partial charge on any atom is 0.345 e. The van der Waals surface area contributed by atoms with Gasteiger partial charge in [-0.05, 0) is 50.3 Å². The van der Waals surface area contributed by atoms with Gasteiger partial charge in [-0.25, -0.2) is 4.79 Å². The van der Waals surface area contributed by atoms with Crippen LogP contribution in [-0.4, -0.2) is 21.3 Å². The number of allylic oxidation sites excluding steroid dienone is 1. The molecule has 5 rings (SSSR count). The second kappa shape index (κ2) is 7.81. The molecule has 0 amide bonds. The second-order valence-electron chi connectivity index (χ2n) is 7.52. The smallest absolute Gasteiger partial charge is 0.345 e. The first kappa shape index (κ1) is 19.8. The predicted molar refractivity (Wildman–Crippen MR) is 121 cm³/mol. The van der Waals surface area contributed by atoms with E-state index in [0.29, 0.717) is 28.2 Å². The predicted octanol–water partition coefficient (Wildman–Crippen LogP) is 5.20. The Balaban J connectivity index is 1.48. The monoisotopic (exact) mass is 424 g/mol. The van der Waals surface area contributed by atoms with E-state index in [9.17, 15) is 9.59 Å². The Bertz CT molecular complexity index is 1400. The zero-order valence-electron chi connectivity index (χ0n) is 17.7. The van der Waals surface area contributed by atoms with Gasteiger partial charge in [0.05, 0.1) is 11.1 Å². The van der Waals surface area contributed by atoms with Gasteiger partial charge in [-0.3, -0.25) is 9.78 Å². The molecule has 1 aliphatic rings. The molecule has 2 aromatic heterocycles. The number of carbonyl (C=O) groups is 2. The number of fused-ring (bicyclic) bond motifs is 2. The number of ether oxygens (including phenoxy) is 2. The lowest BCUT2D eigenvalue weighted by molar-refractivity contribution is 0.0732. The molecule has 32 heavy (non-hydrogen) atoms.